The molecule has 1 aliphatic heterocycles. The van der Waals surface area contributed by atoms with E-state index in [4.69, 9.17) is 9.73 Å². The van der Waals surface area contributed by atoms with E-state index in [9.17, 15) is 9.59 Å². The van der Waals surface area contributed by atoms with E-state index >= 15 is 0 Å². The monoisotopic (exact) mass is 412 g/mol. The van der Waals surface area contributed by atoms with Gasteiger partial charge in [0.05, 0.1) is 17.8 Å². The fourth-order valence-corrected chi connectivity index (χ4v) is 3.64. The quantitative estimate of drug-likeness (QED) is 0.564. The number of anilines is 1. The SMILES string of the molecule is CC1N=C(c2ccccc2)c2ccccc2N(CCC(=O)OCc2ccccc2)C1=O. The molecule has 31 heavy (non-hydrogen) atoms. The predicted octanol–water partition coefficient (Wildman–Crippen LogP) is 4.39. The Hall–Kier alpha value is -3.73. The van der Waals surface area contributed by atoms with E-state index in [1.807, 2.05) is 84.9 Å². The third-order valence-electron chi connectivity index (χ3n) is 5.23. The summed E-state index contributed by atoms with van der Waals surface area (Å²) in [4.78, 5) is 31.9. The number of nitrogens with zero attached hydrogens (tertiary/aromatic N) is 2. The summed E-state index contributed by atoms with van der Waals surface area (Å²) in [6.07, 6.45) is 0.111. The van der Waals surface area contributed by atoms with Gasteiger partial charge in [-0.15, -0.1) is 0 Å². The van der Waals surface area contributed by atoms with Gasteiger partial charge in [0, 0.05) is 17.7 Å². The number of benzodiazepines with no additional fused rings is 1. The number of carbonyl (C=O) groups excluding carboxylic acids is 2. The maximum absolute atomic E-state index is 13.1. The zero-order valence-electron chi connectivity index (χ0n) is 17.4. The van der Waals surface area contributed by atoms with Crippen LogP contribution in [0, 0.1) is 0 Å². The number of fused-ring (bicyclic) bond motifs is 1. The van der Waals surface area contributed by atoms with Crippen molar-refractivity contribution in [2.75, 3.05) is 11.4 Å². The maximum Gasteiger partial charge on any atom is 0.307 e. The highest BCUT2D eigenvalue weighted by atomic mass is 16.5. The Morgan fingerprint density at radius 3 is 2.32 bits per heavy atom. The van der Waals surface area contributed by atoms with Gasteiger partial charge in [-0.2, -0.15) is 0 Å². The van der Waals surface area contributed by atoms with Crippen molar-refractivity contribution in [2.24, 2.45) is 4.99 Å². The van der Waals surface area contributed by atoms with E-state index in [1.165, 1.54) is 0 Å². The molecule has 0 bridgehead atoms. The van der Waals surface area contributed by atoms with Gasteiger partial charge in [0.25, 0.3) is 5.91 Å². The number of esters is 1. The average molecular weight is 412 g/mol. The van der Waals surface area contributed by atoms with Crippen LogP contribution in [0.25, 0.3) is 0 Å². The Labute approximate surface area is 182 Å². The van der Waals surface area contributed by atoms with Crippen molar-refractivity contribution in [1.29, 1.82) is 0 Å². The Bertz CT molecular complexity index is 1090. The Balaban J connectivity index is 1.53. The van der Waals surface area contributed by atoms with Gasteiger partial charge < -0.3 is 9.64 Å². The molecule has 0 N–H and O–H groups in total. The Morgan fingerprint density at radius 1 is 0.935 bits per heavy atom. The number of carbonyl (C=O) groups is 2. The molecule has 1 atom stereocenters. The van der Waals surface area contributed by atoms with Gasteiger partial charge in [0.1, 0.15) is 12.6 Å². The lowest BCUT2D eigenvalue weighted by Gasteiger charge is -2.24. The summed E-state index contributed by atoms with van der Waals surface area (Å²) in [6.45, 7) is 2.26. The van der Waals surface area contributed by atoms with Crippen molar-refractivity contribution in [3.63, 3.8) is 0 Å². The molecule has 0 radical (unpaired) electrons. The first-order chi connectivity index (χ1) is 15.1. The first-order valence-electron chi connectivity index (χ1n) is 10.4. The second-order valence-electron chi connectivity index (χ2n) is 7.42. The molecule has 0 aromatic heterocycles. The van der Waals surface area contributed by atoms with Gasteiger partial charge in [-0.05, 0) is 18.6 Å². The van der Waals surface area contributed by atoms with E-state index in [0.717, 1.165) is 28.1 Å². The van der Waals surface area contributed by atoms with Gasteiger partial charge >= 0.3 is 5.97 Å². The van der Waals surface area contributed by atoms with Crippen molar-refractivity contribution in [2.45, 2.75) is 26.0 Å². The van der Waals surface area contributed by atoms with Crippen LogP contribution >= 0.6 is 0 Å². The third kappa shape index (κ3) is 4.72. The highest BCUT2D eigenvalue weighted by Gasteiger charge is 2.29. The lowest BCUT2D eigenvalue weighted by molar-refractivity contribution is -0.144. The summed E-state index contributed by atoms with van der Waals surface area (Å²) in [5.41, 5.74) is 4.31. The van der Waals surface area contributed by atoms with Crippen LogP contribution in [0.5, 0.6) is 0 Å². The molecule has 0 fully saturated rings. The van der Waals surface area contributed by atoms with E-state index in [1.54, 1.807) is 11.8 Å². The van der Waals surface area contributed by atoms with E-state index in [2.05, 4.69) is 0 Å². The van der Waals surface area contributed by atoms with Crippen LogP contribution in [0.2, 0.25) is 0 Å². The second kappa shape index (κ2) is 9.39. The smallest absolute Gasteiger partial charge is 0.307 e. The van der Waals surface area contributed by atoms with Crippen LogP contribution in [0.4, 0.5) is 5.69 Å². The van der Waals surface area contributed by atoms with Crippen LogP contribution in [0.15, 0.2) is 89.9 Å². The van der Waals surface area contributed by atoms with E-state index in [-0.39, 0.29) is 31.4 Å². The second-order valence-corrected chi connectivity index (χ2v) is 7.42. The molecule has 4 rings (SSSR count). The molecular weight excluding hydrogens is 388 g/mol. The number of amides is 1. The molecule has 0 saturated heterocycles. The normalized spacial score (nSPS) is 15.6. The van der Waals surface area contributed by atoms with E-state index < -0.39 is 6.04 Å². The molecule has 1 unspecified atom stereocenters. The van der Waals surface area contributed by atoms with Crippen LogP contribution in [-0.2, 0) is 20.9 Å². The minimum absolute atomic E-state index is 0.111. The number of para-hydroxylation sites is 1. The third-order valence-corrected chi connectivity index (χ3v) is 5.23. The first-order valence-corrected chi connectivity index (χ1v) is 10.4. The molecule has 1 amide bonds. The molecular formula is C26H24N2O3. The van der Waals surface area contributed by atoms with Crippen molar-refractivity contribution < 1.29 is 14.3 Å². The molecule has 0 saturated carbocycles. The fourth-order valence-electron chi connectivity index (χ4n) is 3.64. The average Bonchev–Trinajstić information content (AvgIpc) is 2.92. The summed E-state index contributed by atoms with van der Waals surface area (Å²) in [5.74, 6) is -0.468. The molecule has 3 aromatic rings. The molecule has 156 valence electrons. The van der Waals surface area contributed by atoms with Crippen LogP contribution in [-0.4, -0.2) is 30.2 Å². The number of ether oxygens (including phenoxy) is 1. The molecule has 1 aliphatic rings. The fraction of sp³-hybridized carbons (Fsp3) is 0.192. The van der Waals surface area contributed by atoms with Crippen molar-refractivity contribution in [3.05, 3.63) is 102 Å². The van der Waals surface area contributed by atoms with Crippen molar-refractivity contribution >= 4 is 23.3 Å². The summed E-state index contributed by atoms with van der Waals surface area (Å²) in [7, 11) is 0. The predicted molar refractivity (Wildman–Crippen MR) is 121 cm³/mol. The topological polar surface area (TPSA) is 59.0 Å². The molecule has 5 nitrogen and oxygen atoms in total. The summed E-state index contributed by atoms with van der Waals surface area (Å²) < 4.78 is 5.39. The summed E-state index contributed by atoms with van der Waals surface area (Å²) in [5, 5.41) is 0. The summed E-state index contributed by atoms with van der Waals surface area (Å²) >= 11 is 0. The minimum atomic E-state index is -0.553. The minimum Gasteiger partial charge on any atom is -0.461 e. The molecule has 0 spiro atoms. The number of rotatable bonds is 6. The van der Waals surface area contributed by atoms with Crippen molar-refractivity contribution in [3.8, 4) is 0 Å². The lowest BCUT2D eigenvalue weighted by Crippen LogP contribution is -2.38. The van der Waals surface area contributed by atoms with Crippen LogP contribution < -0.4 is 4.90 Å². The highest BCUT2D eigenvalue weighted by Crippen LogP contribution is 2.28. The Morgan fingerprint density at radius 2 is 1.58 bits per heavy atom. The number of aliphatic imine (C=N–C) groups is 1. The largest absolute Gasteiger partial charge is 0.461 e. The maximum atomic E-state index is 13.1. The van der Waals surface area contributed by atoms with Gasteiger partial charge in [-0.25, -0.2) is 0 Å². The van der Waals surface area contributed by atoms with E-state index in [0.29, 0.717) is 0 Å². The highest BCUT2D eigenvalue weighted by molar-refractivity contribution is 6.20. The van der Waals surface area contributed by atoms with Gasteiger partial charge in [-0.1, -0.05) is 78.9 Å². The van der Waals surface area contributed by atoms with Gasteiger partial charge in [0.2, 0.25) is 0 Å². The van der Waals surface area contributed by atoms with Gasteiger partial charge in [-0.3, -0.25) is 14.6 Å². The zero-order chi connectivity index (χ0) is 21.6. The van der Waals surface area contributed by atoms with Crippen molar-refractivity contribution in [1.82, 2.24) is 0 Å². The lowest BCUT2D eigenvalue weighted by atomic mass is 10.00. The number of hydrogen-bond donors (Lipinski definition) is 0. The number of hydrogen-bond acceptors (Lipinski definition) is 4. The van der Waals surface area contributed by atoms with Crippen LogP contribution in [0.3, 0.4) is 0 Å². The first kappa shape index (κ1) is 20.5. The van der Waals surface area contributed by atoms with Gasteiger partial charge in [0.15, 0.2) is 0 Å². The molecule has 5 heteroatoms. The number of benzene rings is 3. The van der Waals surface area contributed by atoms with Crippen LogP contribution in [0.1, 0.15) is 30.0 Å². The molecule has 0 aliphatic carbocycles. The summed E-state index contributed by atoms with van der Waals surface area (Å²) in [6, 6.07) is 26.5. The molecule has 1 heterocycles. The molecule has 3 aromatic carbocycles. The standard InChI is InChI=1S/C26H24N2O3/c1-19-26(30)28(17-16-24(29)31-18-20-10-4-2-5-11-20)23-15-9-8-14-22(23)25(27-19)21-12-6-3-7-13-21/h2-15,19H,16-18H2,1H3. The Kier molecular flexibility index (Phi) is 6.22. The zero-order valence-corrected chi connectivity index (χ0v) is 17.4.